The molecule has 0 unspecified atom stereocenters. The topological polar surface area (TPSA) is 78.9 Å². The molecule has 1 amide bonds. The fourth-order valence-electron chi connectivity index (χ4n) is 1.15. The van der Waals surface area contributed by atoms with Gasteiger partial charge in [-0.25, -0.2) is 4.98 Å². The van der Waals surface area contributed by atoms with Gasteiger partial charge in [-0.2, -0.15) is 4.98 Å². The van der Waals surface area contributed by atoms with Crippen LogP contribution in [0.2, 0.25) is 5.02 Å². The minimum absolute atomic E-state index is 0.0612. The maximum atomic E-state index is 10.7. The number of nitrogens with one attached hydrogen (secondary N) is 3. The van der Waals surface area contributed by atoms with Gasteiger partial charge in [-0.15, -0.1) is 0 Å². The third-order valence-corrected chi connectivity index (χ3v) is 2.15. The SMILES string of the molecule is CCNc1ncc(Cl)c(NCCNC(C)=O)n1. The van der Waals surface area contributed by atoms with Gasteiger partial charge in [0.1, 0.15) is 5.02 Å². The Morgan fingerprint density at radius 1 is 1.41 bits per heavy atom. The first kappa shape index (κ1) is 13.5. The molecule has 1 rings (SSSR count). The fourth-order valence-corrected chi connectivity index (χ4v) is 1.31. The summed E-state index contributed by atoms with van der Waals surface area (Å²) < 4.78 is 0. The Hall–Kier alpha value is -1.56. The quantitative estimate of drug-likeness (QED) is 0.666. The average Bonchev–Trinajstić information content (AvgIpc) is 2.28. The fraction of sp³-hybridized carbons (Fsp3) is 0.500. The summed E-state index contributed by atoms with van der Waals surface area (Å²) in [6.07, 6.45) is 1.54. The molecule has 94 valence electrons. The summed E-state index contributed by atoms with van der Waals surface area (Å²) in [6.45, 7) is 5.25. The third-order valence-electron chi connectivity index (χ3n) is 1.87. The lowest BCUT2D eigenvalue weighted by atomic mass is 10.5. The van der Waals surface area contributed by atoms with E-state index in [1.165, 1.54) is 13.1 Å². The van der Waals surface area contributed by atoms with E-state index in [-0.39, 0.29) is 5.91 Å². The molecule has 3 N–H and O–H groups in total. The number of hydrogen-bond donors (Lipinski definition) is 3. The van der Waals surface area contributed by atoms with E-state index in [1.807, 2.05) is 6.92 Å². The number of rotatable bonds is 6. The summed E-state index contributed by atoms with van der Waals surface area (Å²) >= 11 is 5.94. The zero-order valence-electron chi connectivity index (χ0n) is 9.88. The number of nitrogens with zero attached hydrogens (tertiary/aromatic N) is 2. The Kier molecular flexibility index (Phi) is 5.48. The zero-order chi connectivity index (χ0) is 12.7. The van der Waals surface area contributed by atoms with Crippen LogP contribution in [0.5, 0.6) is 0 Å². The number of carbonyl (C=O) groups excluding carboxylic acids is 1. The van der Waals surface area contributed by atoms with Crippen molar-refractivity contribution in [1.29, 1.82) is 0 Å². The number of amides is 1. The molecule has 0 fully saturated rings. The first-order valence-electron chi connectivity index (χ1n) is 5.38. The molecule has 0 aromatic carbocycles. The molecular formula is C10H16ClN5O. The van der Waals surface area contributed by atoms with Gasteiger partial charge in [0.25, 0.3) is 0 Å². The first-order valence-corrected chi connectivity index (χ1v) is 5.76. The molecule has 1 heterocycles. The van der Waals surface area contributed by atoms with Gasteiger partial charge < -0.3 is 16.0 Å². The van der Waals surface area contributed by atoms with Crippen molar-refractivity contribution in [3.63, 3.8) is 0 Å². The van der Waals surface area contributed by atoms with Gasteiger partial charge in [-0.05, 0) is 6.92 Å². The van der Waals surface area contributed by atoms with E-state index in [4.69, 9.17) is 11.6 Å². The van der Waals surface area contributed by atoms with E-state index >= 15 is 0 Å². The number of halogens is 1. The van der Waals surface area contributed by atoms with Gasteiger partial charge in [0.2, 0.25) is 11.9 Å². The zero-order valence-corrected chi connectivity index (χ0v) is 10.6. The monoisotopic (exact) mass is 257 g/mol. The second kappa shape index (κ2) is 6.90. The molecule has 0 aliphatic carbocycles. The van der Waals surface area contributed by atoms with Crippen molar-refractivity contribution in [2.75, 3.05) is 30.3 Å². The Morgan fingerprint density at radius 3 is 2.82 bits per heavy atom. The minimum Gasteiger partial charge on any atom is -0.367 e. The molecule has 1 aromatic heterocycles. The highest BCUT2D eigenvalue weighted by Crippen LogP contribution is 2.18. The summed E-state index contributed by atoms with van der Waals surface area (Å²) in [6, 6.07) is 0. The molecule has 0 atom stereocenters. The van der Waals surface area contributed by atoms with E-state index in [2.05, 4.69) is 25.9 Å². The van der Waals surface area contributed by atoms with Crippen LogP contribution in [0.1, 0.15) is 13.8 Å². The van der Waals surface area contributed by atoms with E-state index in [0.29, 0.717) is 29.9 Å². The summed E-state index contributed by atoms with van der Waals surface area (Å²) in [5, 5.41) is 9.15. The largest absolute Gasteiger partial charge is 0.367 e. The van der Waals surface area contributed by atoms with Crippen molar-refractivity contribution in [1.82, 2.24) is 15.3 Å². The predicted molar refractivity (Wildman–Crippen MR) is 68.4 cm³/mol. The molecule has 0 aliphatic heterocycles. The summed E-state index contributed by atoms with van der Waals surface area (Å²) in [5.41, 5.74) is 0. The third kappa shape index (κ3) is 4.86. The van der Waals surface area contributed by atoms with Crippen molar-refractivity contribution in [2.24, 2.45) is 0 Å². The lowest BCUT2D eigenvalue weighted by molar-refractivity contribution is -0.118. The standard InChI is InChI=1S/C10H16ClN5O/c1-3-12-10-15-6-8(11)9(16-10)14-5-4-13-7(2)17/h6H,3-5H2,1-2H3,(H,13,17)(H2,12,14,15,16). The molecule has 0 radical (unpaired) electrons. The molecule has 0 bridgehead atoms. The van der Waals surface area contributed by atoms with Crippen molar-refractivity contribution in [2.45, 2.75) is 13.8 Å². The Morgan fingerprint density at radius 2 is 2.18 bits per heavy atom. The Bertz CT molecular complexity index is 385. The predicted octanol–water partition coefficient (Wildman–Crippen LogP) is 1.11. The molecule has 7 heteroatoms. The van der Waals surface area contributed by atoms with E-state index in [0.717, 1.165) is 6.54 Å². The van der Waals surface area contributed by atoms with Gasteiger partial charge in [0, 0.05) is 26.6 Å². The van der Waals surface area contributed by atoms with Crippen LogP contribution in [-0.4, -0.2) is 35.5 Å². The highest BCUT2D eigenvalue weighted by molar-refractivity contribution is 6.32. The van der Waals surface area contributed by atoms with Crippen molar-refractivity contribution in [3.8, 4) is 0 Å². The van der Waals surface area contributed by atoms with E-state index in [9.17, 15) is 4.79 Å². The number of hydrogen-bond acceptors (Lipinski definition) is 5. The lowest BCUT2D eigenvalue weighted by Gasteiger charge is -2.09. The molecular weight excluding hydrogens is 242 g/mol. The van der Waals surface area contributed by atoms with Gasteiger partial charge >= 0.3 is 0 Å². The van der Waals surface area contributed by atoms with Crippen molar-refractivity contribution in [3.05, 3.63) is 11.2 Å². The van der Waals surface area contributed by atoms with Gasteiger partial charge in [0.15, 0.2) is 5.82 Å². The second-order valence-corrected chi connectivity index (χ2v) is 3.74. The van der Waals surface area contributed by atoms with Crippen LogP contribution in [0.15, 0.2) is 6.20 Å². The van der Waals surface area contributed by atoms with E-state index < -0.39 is 0 Å². The summed E-state index contributed by atoms with van der Waals surface area (Å²) in [5.74, 6) is 1.02. The highest BCUT2D eigenvalue weighted by atomic mass is 35.5. The number of carbonyl (C=O) groups is 1. The average molecular weight is 258 g/mol. The minimum atomic E-state index is -0.0612. The lowest BCUT2D eigenvalue weighted by Crippen LogP contribution is -2.26. The van der Waals surface area contributed by atoms with Gasteiger partial charge in [0.05, 0.1) is 6.20 Å². The van der Waals surface area contributed by atoms with Crippen LogP contribution in [-0.2, 0) is 4.79 Å². The van der Waals surface area contributed by atoms with Crippen molar-refractivity contribution >= 4 is 29.3 Å². The molecule has 0 spiro atoms. The maximum Gasteiger partial charge on any atom is 0.224 e. The van der Waals surface area contributed by atoms with Gasteiger partial charge in [-0.3, -0.25) is 4.79 Å². The van der Waals surface area contributed by atoms with Gasteiger partial charge in [-0.1, -0.05) is 11.6 Å². The Balaban J connectivity index is 2.51. The maximum absolute atomic E-state index is 10.7. The molecule has 6 nitrogen and oxygen atoms in total. The smallest absolute Gasteiger partial charge is 0.224 e. The molecule has 1 aromatic rings. The molecule has 0 saturated heterocycles. The van der Waals surface area contributed by atoms with Crippen LogP contribution < -0.4 is 16.0 Å². The highest BCUT2D eigenvalue weighted by Gasteiger charge is 2.04. The second-order valence-electron chi connectivity index (χ2n) is 3.33. The number of aromatic nitrogens is 2. The normalized spacial score (nSPS) is 9.82. The van der Waals surface area contributed by atoms with Crippen LogP contribution in [0.3, 0.4) is 0 Å². The van der Waals surface area contributed by atoms with Crippen LogP contribution in [0.4, 0.5) is 11.8 Å². The van der Waals surface area contributed by atoms with Crippen LogP contribution >= 0.6 is 11.6 Å². The molecule has 0 aliphatic rings. The summed E-state index contributed by atoms with van der Waals surface area (Å²) in [4.78, 5) is 18.9. The molecule has 0 saturated carbocycles. The van der Waals surface area contributed by atoms with Crippen LogP contribution in [0, 0.1) is 0 Å². The first-order chi connectivity index (χ1) is 8.13. The number of anilines is 2. The Labute approximate surface area is 105 Å². The van der Waals surface area contributed by atoms with Crippen molar-refractivity contribution < 1.29 is 4.79 Å². The van der Waals surface area contributed by atoms with Crippen LogP contribution in [0.25, 0.3) is 0 Å². The summed E-state index contributed by atoms with van der Waals surface area (Å²) in [7, 11) is 0. The molecule has 17 heavy (non-hydrogen) atoms. The van der Waals surface area contributed by atoms with E-state index in [1.54, 1.807) is 0 Å².